The van der Waals surface area contributed by atoms with Gasteiger partial charge < -0.3 is 16.0 Å². The van der Waals surface area contributed by atoms with E-state index < -0.39 is 23.8 Å². The Bertz CT molecular complexity index is 1200. The molecular weight excluding hydrogens is 468 g/mol. The number of halogens is 3. The number of nitrogens with zero attached hydrogens (tertiary/aromatic N) is 2. The van der Waals surface area contributed by atoms with Gasteiger partial charge in [-0.25, -0.2) is 9.37 Å². The predicted molar refractivity (Wildman–Crippen MR) is 125 cm³/mol. The second kappa shape index (κ2) is 9.67. The molecule has 4 rings (SSSR count). The van der Waals surface area contributed by atoms with Gasteiger partial charge >= 0.3 is 0 Å². The van der Waals surface area contributed by atoms with Crippen molar-refractivity contribution >= 4 is 46.0 Å². The Morgan fingerprint density at radius 2 is 2.09 bits per heavy atom. The summed E-state index contributed by atoms with van der Waals surface area (Å²) in [6.07, 6.45) is 4.47. The first kappa shape index (κ1) is 23.5. The van der Waals surface area contributed by atoms with Crippen molar-refractivity contribution in [2.45, 2.75) is 38.4 Å². The fraction of sp³-hybridized carbons (Fsp3) is 0.348. The molecule has 0 aliphatic carbocycles. The number of amides is 2. The third-order valence-electron chi connectivity index (χ3n) is 6.14. The minimum atomic E-state index is -0.558. The summed E-state index contributed by atoms with van der Waals surface area (Å²) in [6, 6.07) is 5.37. The molecule has 3 heterocycles. The minimum Gasteiger partial charge on any atom is -0.368 e. The van der Waals surface area contributed by atoms with E-state index in [1.807, 2.05) is 11.0 Å². The number of fused-ring (bicyclic) bond motifs is 1. The highest BCUT2D eigenvalue weighted by Crippen LogP contribution is 2.29. The first-order valence-corrected chi connectivity index (χ1v) is 11.4. The van der Waals surface area contributed by atoms with E-state index in [1.165, 1.54) is 6.07 Å². The van der Waals surface area contributed by atoms with E-state index >= 15 is 0 Å². The molecule has 10 heteroatoms. The zero-order valence-corrected chi connectivity index (χ0v) is 19.5. The van der Waals surface area contributed by atoms with Gasteiger partial charge in [0.2, 0.25) is 11.8 Å². The lowest BCUT2D eigenvalue weighted by Crippen LogP contribution is -2.51. The number of nitrogens with two attached hydrogens (primary N) is 1. The largest absolute Gasteiger partial charge is 0.368 e. The number of nitrogens with one attached hydrogen (secondary N) is 2. The smallest absolute Gasteiger partial charge is 0.237 e. The molecule has 7 nitrogen and oxygen atoms in total. The molecule has 3 atom stereocenters. The molecular formula is C23H24Cl2FN5O2. The lowest BCUT2D eigenvalue weighted by Gasteiger charge is -2.28. The third-order valence-corrected chi connectivity index (χ3v) is 6.75. The summed E-state index contributed by atoms with van der Waals surface area (Å²) in [5.41, 5.74) is 8.00. The normalized spacial score (nSPS) is 19.6. The fourth-order valence-corrected chi connectivity index (χ4v) is 4.81. The van der Waals surface area contributed by atoms with Gasteiger partial charge in [0.15, 0.2) is 0 Å². The van der Waals surface area contributed by atoms with Gasteiger partial charge in [-0.1, -0.05) is 29.3 Å². The van der Waals surface area contributed by atoms with E-state index in [9.17, 15) is 14.0 Å². The van der Waals surface area contributed by atoms with E-state index in [2.05, 4.69) is 15.3 Å². The maximum Gasteiger partial charge on any atom is 0.237 e. The van der Waals surface area contributed by atoms with Crippen LogP contribution in [0.3, 0.4) is 0 Å². The molecule has 33 heavy (non-hydrogen) atoms. The number of carbonyl (C=O) groups excluding carboxylic acids is 2. The molecule has 1 aliphatic rings. The topological polar surface area (TPSA) is 104 Å². The summed E-state index contributed by atoms with van der Waals surface area (Å²) in [7, 11) is 0. The third kappa shape index (κ3) is 5.13. The summed E-state index contributed by atoms with van der Waals surface area (Å²) in [5, 5.41) is 4.32. The van der Waals surface area contributed by atoms with Gasteiger partial charge in [-0.05, 0) is 55.0 Å². The van der Waals surface area contributed by atoms with Crippen molar-refractivity contribution in [3.63, 3.8) is 0 Å². The minimum absolute atomic E-state index is 0.0650. The fourth-order valence-electron chi connectivity index (χ4n) is 4.41. The number of aromatic amines is 1. The van der Waals surface area contributed by atoms with Crippen LogP contribution in [0.25, 0.3) is 11.0 Å². The number of hydrogen-bond acceptors (Lipinski definition) is 4. The number of hydrogen-bond donors (Lipinski definition) is 3. The Kier molecular flexibility index (Phi) is 6.88. The maximum absolute atomic E-state index is 13.5. The van der Waals surface area contributed by atoms with E-state index in [4.69, 9.17) is 28.9 Å². The molecule has 1 aliphatic heterocycles. The second-order valence-corrected chi connectivity index (χ2v) is 9.25. The van der Waals surface area contributed by atoms with Gasteiger partial charge in [-0.3, -0.25) is 14.5 Å². The van der Waals surface area contributed by atoms with Crippen molar-refractivity contribution in [2.75, 3.05) is 6.54 Å². The van der Waals surface area contributed by atoms with Crippen LogP contribution in [0, 0.1) is 11.7 Å². The highest BCUT2D eigenvalue weighted by molar-refractivity contribution is 6.35. The van der Waals surface area contributed by atoms with Gasteiger partial charge in [0.25, 0.3) is 0 Å². The molecule has 1 aromatic carbocycles. The highest BCUT2D eigenvalue weighted by atomic mass is 35.5. The summed E-state index contributed by atoms with van der Waals surface area (Å²) >= 11 is 12.0. The van der Waals surface area contributed by atoms with Crippen LogP contribution in [-0.2, 0) is 22.6 Å². The van der Waals surface area contributed by atoms with Crippen LogP contribution < -0.4 is 11.1 Å². The van der Waals surface area contributed by atoms with E-state index in [-0.39, 0.29) is 23.4 Å². The molecule has 3 aromatic rings. The van der Waals surface area contributed by atoms with Crippen molar-refractivity contribution in [3.8, 4) is 0 Å². The number of H-pyrrole nitrogens is 1. The number of benzene rings is 1. The Hall–Kier alpha value is -2.68. The first-order valence-electron chi connectivity index (χ1n) is 10.6. The molecule has 1 fully saturated rings. The Balaban J connectivity index is 1.40. The van der Waals surface area contributed by atoms with Crippen LogP contribution in [0.4, 0.5) is 4.39 Å². The SMILES string of the molecule is C[C@@H](C(=O)NCc1cnc2[nH]cc(Cl)c2c1)N1CC(Cc2ccc(F)c(Cl)c2)CC1C(N)=O. The van der Waals surface area contributed by atoms with Crippen molar-refractivity contribution in [1.82, 2.24) is 20.2 Å². The molecule has 2 aromatic heterocycles. The molecule has 0 saturated carbocycles. The zero-order valence-electron chi connectivity index (χ0n) is 17.9. The molecule has 2 unspecified atom stereocenters. The molecule has 0 bridgehead atoms. The van der Waals surface area contributed by atoms with Gasteiger partial charge in [-0.2, -0.15) is 0 Å². The molecule has 0 radical (unpaired) electrons. The van der Waals surface area contributed by atoms with Gasteiger partial charge in [0, 0.05) is 30.9 Å². The van der Waals surface area contributed by atoms with Gasteiger partial charge in [0.1, 0.15) is 11.5 Å². The van der Waals surface area contributed by atoms with Crippen LogP contribution >= 0.6 is 23.2 Å². The molecule has 4 N–H and O–H groups in total. The zero-order chi connectivity index (χ0) is 23.7. The molecule has 0 spiro atoms. The van der Waals surface area contributed by atoms with Crippen molar-refractivity contribution in [3.05, 3.63) is 63.6 Å². The van der Waals surface area contributed by atoms with Gasteiger partial charge in [0.05, 0.1) is 22.1 Å². The number of likely N-dealkylation sites (tertiary alicyclic amines) is 1. The van der Waals surface area contributed by atoms with Crippen LogP contribution in [0.2, 0.25) is 10.0 Å². The predicted octanol–water partition coefficient (Wildman–Crippen LogP) is 3.43. The Morgan fingerprint density at radius 3 is 2.82 bits per heavy atom. The number of aromatic nitrogens is 2. The van der Waals surface area contributed by atoms with Crippen molar-refractivity contribution in [2.24, 2.45) is 11.7 Å². The average Bonchev–Trinajstić information content (AvgIpc) is 3.38. The molecule has 2 amide bonds. The van der Waals surface area contributed by atoms with Crippen LogP contribution in [0.5, 0.6) is 0 Å². The van der Waals surface area contributed by atoms with Crippen molar-refractivity contribution in [1.29, 1.82) is 0 Å². The van der Waals surface area contributed by atoms with Crippen molar-refractivity contribution < 1.29 is 14.0 Å². The van der Waals surface area contributed by atoms with Crippen LogP contribution in [0.15, 0.2) is 36.7 Å². The first-order chi connectivity index (χ1) is 15.7. The van der Waals surface area contributed by atoms with E-state index in [1.54, 1.807) is 31.5 Å². The van der Waals surface area contributed by atoms with E-state index in [0.29, 0.717) is 30.1 Å². The monoisotopic (exact) mass is 491 g/mol. The number of carbonyl (C=O) groups is 2. The summed E-state index contributed by atoms with van der Waals surface area (Å²) < 4.78 is 13.5. The van der Waals surface area contributed by atoms with Crippen LogP contribution in [-0.4, -0.2) is 45.3 Å². The molecule has 174 valence electrons. The summed E-state index contributed by atoms with van der Waals surface area (Å²) in [6.45, 7) is 2.55. The standard InChI is InChI=1S/C23H24Cl2FN5O2/c1-12(23(33)30-9-15-5-16-18(25)10-29-22(16)28-8-15)31-11-14(7-20(31)21(27)32)4-13-2-3-19(26)17(24)6-13/h2-3,5-6,8,10,12,14,20H,4,7,9,11H2,1H3,(H2,27,32)(H,28,29)(H,30,33)/t12-,14?,20?/m0/s1. The van der Waals surface area contributed by atoms with E-state index in [0.717, 1.165) is 16.5 Å². The lowest BCUT2D eigenvalue weighted by molar-refractivity contribution is -0.129. The number of primary amides is 1. The highest BCUT2D eigenvalue weighted by Gasteiger charge is 2.40. The maximum atomic E-state index is 13.5. The molecule has 1 saturated heterocycles. The summed E-state index contributed by atoms with van der Waals surface area (Å²) in [4.78, 5) is 34.1. The Morgan fingerprint density at radius 1 is 1.30 bits per heavy atom. The number of pyridine rings is 1. The summed E-state index contributed by atoms with van der Waals surface area (Å²) in [5.74, 6) is -1.07. The number of rotatable bonds is 7. The lowest BCUT2D eigenvalue weighted by atomic mass is 9.96. The average molecular weight is 492 g/mol. The second-order valence-electron chi connectivity index (χ2n) is 8.44. The Labute approximate surface area is 200 Å². The quantitative estimate of drug-likeness (QED) is 0.470. The van der Waals surface area contributed by atoms with Crippen LogP contribution in [0.1, 0.15) is 24.5 Å². The van der Waals surface area contributed by atoms with Gasteiger partial charge in [-0.15, -0.1) is 0 Å².